The molecule has 1 aromatic carbocycles. The Kier molecular flexibility index (Phi) is 4.36. The minimum absolute atomic E-state index is 0.0943. The molecule has 0 bridgehead atoms. The molecule has 0 unspecified atom stereocenters. The standard InChI is InChI=1S/C12H12N4O3S/c1-20-10-5-3-2-4-8(10)13-11(17)7-16-6-9(12(18)19)14-15-16/h2-6H,7H2,1H3,(H,13,17)(H,18,19). The monoisotopic (exact) mass is 292 g/mol. The first kappa shape index (κ1) is 14.1. The molecule has 0 saturated heterocycles. The number of amides is 1. The minimum Gasteiger partial charge on any atom is -0.476 e. The fraction of sp³-hybridized carbons (Fsp3) is 0.167. The van der Waals surface area contributed by atoms with Crippen LogP contribution in [0.25, 0.3) is 0 Å². The minimum atomic E-state index is -1.18. The lowest BCUT2D eigenvalue weighted by molar-refractivity contribution is -0.116. The van der Waals surface area contributed by atoms with Gasteiger partial charge in [-0.1, -0.05) is 17.3 Å². The number of carboxylic acid groups (broad SMARTS) is 1. The number of thioether (sulfide) groups is 1. The fourth-order valence-electron chi connectivity index (χ4n) is 1.56. The van der Waals surface area contributed by atoms with E-state index < -0.39 is 5.97 Å². The van der Waals surface area contributed by atoms with Crippen molar-refractivity contribution in [2.75, 3.05) is 11.6 Å². The van der Waals surface area contributed by atoms with Gasteiger partial charge >= 0.3 is 5.97 Å². The number of hydrogen-bond acceptors (Lipinski definition) is 5. The van der Waals surface area contributed by atoms with Gasteiger partial charge in [0.25, 0.3) is 0 Å². The molecule has 0 fully saturated rings. The molecule has 0 atom stereocenters. The molecule has 0 saturated carbocycles. The van der Waals surface area contributed by atoms with E-state index in [9.17, 15) is 9.59 Å². The van der Waals surface area contributed by atoms with Gasteiger partial charge in [-0.2, -0.15) is 0 Å². The summed E-state index contributed by atoms with van der Waals surface area (Å²) in [6.07, 6.45) is 3.13. The summed E-state index contributed by atoms with van der Waals surface area (Å²) in [5, 5.41) is 18.5. The van der Waals surface area contributed by atoms with E-state index in [-0.39, 0.29) is 18.1 Å². The van der Waals surface area contributed by atoms with Crippen molar-refractivity contribution in [2.24, 2.45) is 0 Å². The van der Waals surface area contributed by atoms with Gasteiger partial charge in [0.15, 0.2) is 5.69 Å². The molecular weight excluding hydrogens is 280 g/mol. The second-order valence-electron chi connectivity index (χ2n) is 3.85. The lowest BCUT2D eigenvalue weighted by atomic mass is 10.3. The summed E-state index contributed by atoms with van der Waals surface area (Å²) in [5.41, 5.74) is 0.519. The summed E-state index contributed by atoms with van der Waals surface area (Å²) in [5.74, 6) is -1.47. The van der Waals surface area contributed by atoms with E-state index in [2.05, 4.69) is 15.6 Å². The van der Waals surface area contributed by atoms with Crippen molar-refractivity contribution in [2.45, 2.75) is 11.4 Å². The van der Waals surface area contributed by atoms with Crippen LogP contribution in [0.2, 0.25) is 0 Å². The number of benzene rings is 1. The van der Waals surface area contributed by atoms with Gasteiger partial charge in [-0.3, -0.25) is 4.79 Å². The number of nitrogens with zero attached hydrogens (tertiary/aromatic N) is 3. The zero-order chi connectivity index (χ0) is 14.5. The maximum absolute atomic E-state index is 11.9. The van der Waals surface area contributed by atoms with Gasteiger partial charge in [0, 0.05) is 4.90 Å². The highest BCUT2D eigenvalue weighted by atomic mass is 32.2. The van der Waals surface area contributed by atoms with Gasteiger partial charge in [0.1, 0.15) is 6.54 Å². The smallest absolute Gasteiger partial charge is 0.358 e. The van der Waals surface area contributed by atoms with Crippen LogP contribution >= 0.6 is 11.8 Å². The van der Waals surface area contributed by atoms with Gasteiger partial charge in [-0.25, -0.2) is 9.48 Å². The first-order valence-corrected chi connectivity index (χ1v) is 6.89. The quantitative estimate of drug-likeness (QED) is 0.807. The molecule has 7 nitrogen and oxygen atoms in total. The summed E-state index contributed by atoms with van der Waals surface area (Å²) in [6.45, 7) is -0.0943. The molecule has 1 heterocycles. The summed E-state index contributed by atoms with van der Waals surface area (Å²) >= 11 is 1.52. The van der Waals surface area contributed by atoms with Crippen LogP contribution in [-0.2, 0) is 11.3 Å². The van der Waals surface area contributed by atoms with Gasteiger partial charge in [0.2, 0.25) is 5.91 Å². The van der Waals surface area contributed by atoms with Gasteiger partial charge < -0.3 is 10.4 Å². The van der Waals surface area contributed by atoms with Crippen LogP contribution in [-0.4, -0.2) is 38.2 Å². The summed E-state index contributed by atoms with van der Waals surface area (Å²) in [6, 6.07) is 7.41. The van der Waals surface area contributed by atoms with E-state index in [0.29, 0.717) is 5.69 Å². The van der Waals surface area contributed by atoms with Gasteiger partial charge in [0.05, 0.1) is 11.9 Å². The number of rotatable bonds is 5. The normalized spacial score (nSPS) is 10.2. The fourth-order valence-corrected chi connectivity index (χ4v) is 2.11. The summed E-state index contributed by atoms with van der Waals surface area (Å²) < 4.78 is 1.18. The Balaban J connectivity index is 2.03. The molecule has 0 aliphatic rings. The highest BCUT2D eigenvalue weighted by molar-refractivity contribution is 7.98. The van der Waals surface area contributed by atoms with Crippen LogP contribution in [0.15, 0.2) is 35.4 Å². The highest BCUT2D eigenvalue weighted by Gasteiger charge is 2.11. The molecule has 0 radical (unpaired) electrons. The Bertz CT molecular complexity index is 641. The summed E-state index contributed by atoms with van der Waals surface area (Å²) in [7, 11) is 0. The highest BCUT2D eigenvalue weighted by Crippen LogP contribution is 2.24. The SMILES string of the molecule is CSc1ccccc1NC(=O)Cn1cc(C(=O)O)nn1. The average Bonchev–Trinajstić information content (AvgIpc) is 2.88. The molecule has 2 aromatic rings. The van der Waals surface area contributed by atoms with Crippen molar-refractivity contribution in [3.05, 3.63) is 36.2 Å². The van der Waals surface area contributed by atoms with Crippen molar-refractivity contribution in [3.8, 4) is 0 Å². The van der Waals surface area contributed by atoms with Crippen LogP contribution in [0.4, 0.5) is 5.69 Å². The van der Waals surface area contributed by atoms with E-state index >= 15 is 0 Å². The number of carbonyl (C=O) groups excluding carboxylic acids is 1. The number of aromatic nitrogens is 3. The van der Waals surface area contributed by atoms with Crippen LogP contribution in [0, 0.1) is 0 Å². The maximum Gasteiger partial charge on any atom is 0.358 e. The molecule has 0 aliphatic carbocycles. The Labute approximate surface area is 119 Å². The molecule has 2 rings (SSSR count). The number of para-hydroxylation sites is 1. The number of aromatic carboxylic acids is 1. The third kappa shape index (κ3) is 3.35. The van der Waals surface area contributed by atoms with Crippen molar-refractivity contribution in [3.63, 3.8) is 0 Å². The first-order valence-electron chi connectivity index (χ1n) is 5.66. The van der Waals surface area contributed by atoms with Crippen LogP contribution in [0.1, 0.15) is 10.5 Å². The van der Waals surface area contributed by atoms with E-state index in [1.807, 2.05) is 24.5 Å². The molecule has 8 heteroatoms. The molecule has 104 valence electrons. The molecule has 0 aliphatic heterocycles. The second-order valence-corrected chi connectivity index (χ2v) is 4.70. The lowest BCUT2D eigenvalue weighted by Gasteiger charge is -2.08. The molecule has 20 heavy (non-hydrogen) atoms. The summed E-state index contributed by atoms with van der Waals surface area (Å²) in [4.78, 5) is 23.5. The molecule has 1 amide bonds. The van der Waals surface area contributed by atoms with Crippen molar-refractivity contribution >= 4 is 29.3 Å². The Morgan fingerprint density at radius 2 is 2.15 bits per heavy atom. The Morgan fingerprint density at radius 1 is 1.40 bits per heavy atom. The molecule has 1 aromatic heterocycles. The third-order valence-electron chi connectivity index (χ3n) is 2.44. The van der Waals surface area contributed by atoms with Gasteiger partial charge in [-0.05, 0) is 18.4 Å². The van der Waals surface area contributed by atoms with Crippen LogP contribution in [0.5, 0.6) is 0 Å². The van der Waals surface area contributed by atoms with Gasteiger partial charge in [-0.15, -0.1) is 16.9 Å². The number of anilines is 1. The maximum atomic E-state index is 11.9. The predicted molar refractivity (Wildman–Crippen MR) is 73.8 cm³/mol. The zero-order valence-electron chi connectivity index (χ0n) is 10.6. The Hall–Kier alpha value is -2.35. The third-order valence-corrected chi connectivity index (χ3v) is 3.24. The number of hydrogen-bond donors (Lipinski definition) is 2. The molecular formula is C12H12N4O3S. The van der Waals surface area contributed by atoms with E-state index in [4.69, 9.17) is 5.11 Å². The number of carbonyl (C=O) groups is 2. The van der Waals surface area contributed by atoms with Crippen LogP contribution < -0.4 is 5.32 Å². The zero-order valence-corrected chi connectivity index (χ0v) is 11.4. The van der Waals surface area contributed by atoms with E-state index in [0.717, 1.165) is 4.90 Å². The van der Waals surface area contributed by atoms with E-state index in [1.54, 1.807) is 6.07 Å². The average molecular weight is 292 g/mol. The molecule has 2 N–H and O–H groups in total. The topological polar surface area (TPSA) is 97.1 Å². The number of nitrogens with one attached hydrogen (secondary N) is 1. The van der Waals surface area contributed by atoms with Crippen molar-refractivity contribution < 1.29 is 14.7 Å². The molecule has 0 spiro atoms. The van der Waals surface area contributed by atoms with E-state index in [1.165, 1.54) is 22.6 Å². The van der Waals surface area contributed by atoms with Crippen molar-refractivity contribution in [1.82, 2.24) is 15.0 Å². The number of carboxylic acids is 1. The largest absolute Gasteiger partial charge is 0.476 e. The van der Waals surface area contributed by atoms with Crippen molar-refractivity contribution in [1.29, 1.82) is 0 Å². The predicted octanol–water partition coefficient (Wildman–Crippen LogP) is 1.34. The Morgan fingerprint density at radius 3 is 2.80 bits per heavy atom. The first-order chi connectivity index (χ1) is 9.60. The second kappa shape index (κ2) is 6.20. The van der Waals surface area contributed by atoms with Crippen LogP contribution in [0.3, 0.4) is 0 Å². The lowest BCUT2D eigenvalue weighted by Crippen LogP contribution is -2.19.